The largest absolute Gasteiger partial charge is 0.507 e. The van der Waals surface area contributed by atoms with E-state index in [0.29, 0.717) is 9.13 Å². The number of rotatable bonds is 5. The Hall–Kier alpha value is -2.81. The van der Waals surface area contributed by atoms with E-state index in [9.17, 15) is 9.90 Å². The lowest BCUT2D eigenvalue weighted by molar-refractivity contribution is 0.0954. The number of halogens is 1. The fourth-order valence-corrected chi connectivity index (χ4v) is 2.62. The molecule has 1 heterocycles. The van der Waals surface area contributed by atoms with Crippen molar-refractivity contribution in [3.05, 3.63) is 75.6 Å². The van der Waals surface area contributed by atoms with Crippen LogP contribution in [0.5, 0.6) is 11.5 Å². The molecule has 0 radical (unpaired) electrons. The minimum absolute atomic E-state index is 0.0683. The van der Waals surface area contributed by atoms with Crippen molar-refractivity contribution in [2.45, 2.75) is 0 Å². The average molecular weight is 461 g/mol. The van der Waals surface area contributed by atoms with Crippen molar-refractivity contribution in [1.82, 2.24) is 9.99 Å². The highest BCUT2D eigenvalue weighted by molar-refractivity contribution is 14.1. The minimum atomic E-state index is -0.387. The smallest absolute Gasteiger partial charge is 0.271 e. The van der Waals surface area contributed by atoms with Crippen molar-refractivity contribution in [2.75, 3.05) is 7.11 Å². The van der Waals surface area contributed by atoms with E-state index in [2.05, 4.69) is 10.5 Å². The third-order valence-electron chi connectivity index (χ3n) is 3.67. The van der Waals surface area contributed by atoms with E-state index in [1.807, 2.05) is 69.9 Å². The second-order valence-electron chi connectivity index (χ2n) is 5.42. The summed E-state index contributed by atoms with van der Waals surface area (Å²) in [6, 6.07) is 14.3. The van der Waals surface area contributed by atoms with Crippen LogP contribution >= 0.6 is 22.6 Å². The SMILES string of the molecule is COc1ccc(-n2ccc(/C=N\NC(=O)c3ccc(I)c(O)c3)c2)cc1. The quantitative estimate of drug-likeness (QED) is 0.347. The number of hydrogen-bond acceptors (Lipinski definition) is 4. The molecule has 0 spiro atoms. The van der Waals surface area contributed by atoms with Crippen LogP contribution in [0.4, 0.5) is 0 Å². The maximum absolute atomic E-state index is 12.0. The van der Waals surface area contributed by atoms with Gasteiger partial charge in [0.15, 0.2) is 0 Å². The maximum atomic E-state index is 12.0. The number of hydrogen-bond donors (Lipinski definition) is 2. The molecule has 0 atom stereocenters. The fraction of sp³-hybridized carbons (Fsp3) is 0.0526. The van der Waals surface area contributed by atoms with E-state index >= 15 is 0 Å². The number of hydrazone groups is 1. The van der Waals surface area contributed by atoms with Crippen LogP contribution in [0.15, 0.2) is 66.0 Å². The molecule has 2 N–H and O–H groups in total. The zero-order valence-corrected chi connectivity index (χ0v) is 16.0. The maximum Gasteiger partial charge on any atom is 0.271 e. The molecule has 0 aliphatic carbocycles. The highest BCUT2D eigenvalue weighted by Gasteiger charge is 2.07. The van der Waals surface area contributed by atoms with E-state index in [1.54, 1.807) is 25.5 Å². The summed E-state index contributed by atoms with van der Waals surface area (Å²) in [4.78, 5) is 12.0. The van der Waals surface area contributed by atoms with Gasteiger partial charge in [0.05, 0.1) is 16.9 Å². The van der Waals surface area contributed by atoms with E-state index in [1.165, 1.54) is 6.07 Å². The molecule has 3 aromatic rings. The van der Waals surface area contributed by atoms with Crippen molar-refractivity contribution in [3.63, 3.8) is 0 Å². The average Bonchev–Trinajstić information content (AvgIpc) is 3.13. The third kappa shape index (κ3) is 4.23. The summed E-state index contributed by atoms with van der Waals surface area (Å²) >= 11 is 1.99. The van der Waals surface area contributed by atoms with Gasteiger partial charge in [-0.2, -0.15) is 5.10 Å². The van der Waals surface area contributed by atoms with Gasteiger partial charge in [-0.3, -0.25) is 4.79 Å². The van der Waals surface area contributed by atoms with E-state index < -0.39 is 0 Å². The molecule has 2 aromatic carbocycles. The Morgan fingerprint density at radius 1 is 1.23 bits per heavy atom. The van der Waals surface area contributed by atoms with Gasteiger partial charge in [-0.15, -0.1) is 0 Å². The normalized spacial score (nSPS) is 10.8. The Labute approximate surface area is 164 Å². The summed E-state index contributed by atoms with van der Waals surface area (Å²) in [6.45, 7) is 0. The van der Waals surface area contributed by atoms with Crippen LogP contribution in [0.2, 0.25) is 0 Å². The van der Waals surface area contributed by atoms with Crippen molar-refractivity contribution >= 4 is 34.7 Å². The van der Waals surface area contributed by atoms with Gasteiger partial charge in [-0.05, 0) is 71.1 Å². The molecule has 132 valence electrons. The molecular formula is C19H16IN3O3. The number of methoxy groups -OCH3 is 1. The number of benzene rings is 2. The van der Waals surface area contributed by atoms with Gasteiger partial charge in [0.1, 0.15) is 11.5 Å². The fourth-order valence-electron chi connectivity index (χ4n) is 2.29. The second kappa shape index (κ2) is 8.05. The van der Waals surface area contributed by atoms with E-state index in [0.717, 1.165) is 17.0 Å². The molecule has 1 aromatic heterocycles. The molecule has 7 heteroatoms. The van der Waals surface area contributed by atoms with Crippen LogP contribution < -0.4 is 10.2 Å². The Morgan fingerprint density at radius 2 is 2.00 bits per heavy atom. The summed E-state index contributed by atoms with van der Waals surface area (Å²) in [6.07, 6.45) is 5.36. The van der Waals surface area contributed by atoms with Gasteiger partial charge < -0.3 is 14.4 Å². The molecule has 0 bridgehead atoms. The lowest BCUT2D eigenvalue weighted by atomic mass is 10.2. The van der Waals surface area contributed by atoms with Crippen LogP contribution in [-0.2, 0) is 0 Å². The van der Waals surface area contributed by atoms with Gasteiger partial charge in [-0.25, -0.2) is 5.43 Å². The first-order valence-electron chi connectivity index (χ1n) is 7.71. The number of ether oxygens (including phenoxy) is 1. The molecule has 0 saturated heterocycles. The Kier molecular flexibility index (Phi) is 5.57. The number of aromatic nitrogens is 1. The zero-order valence-electron chi connectivity index (χ0n) is 13.9. The van der Waals surface area contributed by atoms with Crippen molar-refractivity contribution < 1.29 is 14.6 Å². The van der Waals surface area contributed by atoms with Crippen LogP contribution in [0, 0.1) is 3.57 Å². The summed E-state index contributed by atoms with van der Waals surface area (Å²) in [7, 11) is 1.63. The molecule has 1 amide bonds. The Balaban J connectivity index is 1.64. The highest BCUT2D eigenvalue weighted by atomic mass is 127. The number of aromatic hydroxyl groups is 1. The minimum Gasteiger partial charge on any atom is -0.507 e. The summed E-state index contributed by atoms with van der Waals surface area (Å²) < 4.78 is 7.78. The molecule has 0 aliphatic heterocycles. The Morgan fingerprint density at radius 3 is 2.69 bits per heavy atom. The number of phenols is 1. The molecule has 0 fully saturated rings. The first-order valence-corrected chi connectivity index (χ1v) is 8.79. The molecule has 0 aliphatic rings. The predicted octanol–water partition coefficient (Wildman–Crippen LogP) is 3.56. The van der Waals surface area contributed by atoms with Crippen molar-refractivity contribution in [3.8, 4) is 17.2 Å². The van der Waals surface area contributed by atoms with Gasteiger partial charge in [0.25, 0.3) is 5.91 Å². The molecule has 26 heavy (non-hydrogen) atoms. The number of nitrogens with one attached hydrogen (secondary N) is 1. The topological polar surface area (TPSA) is 75.8 Å². The van der Waals surface area contributed by atoms with E-state index in [-0.39, 0.29) is 11.7 Å². The van der Waals surface area contributed by atoms with Crippen molar-refractivity contribution in [1.29, 1.82) is 0 Å². The number of phenolic OH excluding ortho intramolecular Hbond substituents is 1. The first-order chi connectivity index (χ1) is 12.6. The molecule has 6 nitrogen and oxygen atoms in total. The van der Waals surface area contributed by atoms with Gasteiger partial charge in [-0.1, -0.05) is 0 Å². The van der Waals surface area contributed by atoms with Gasteiger partial charge in [0.2, 0.25) is 0 Å². The zero-order chi connectivity index (χ0) is 18.5. The molecular weight excluding hydrogens is 445 g/mol. The molecule has 0 saturated carbocycles. The molecule has 3 rings (SSSR count). The number of nitrogens with zero attached hydrogens (tertiary/aromatic N) is 2. The third-order valence-corrected chi connectivity index (χ3v) is 4.59. The molecule has 0 unspecified atom stereocenters. The van der Waals surface area contributed by atoms with Gasteiger partial charge in [0, 0.05) is 29.2 Å². The number of amides is 1. The van der Waals surface area contributed by atoms with Crippen LogP contribution in [0.3, 0.4) is 0 Å². The second-order valence-corrected chi connectivity index (χ2v) is 6.58. The standard InChI is InChI=1S/C19H16IN3O3/c1-26-16-5-3-15(4-6-16)23-9-8-13(12-23)11-21-22-19(25)14-2-7-17(20)18(24)10-14/h2-12,24H,1H3,(H,22,25)/b21-11-. The van der Waals surface area contributed by atoms with Gasteiger partial charge >= 0.3 is 0 Å². The number of carbonyl (C=O) groups excluding carboxylic acids is 1. The Bertz CT molecular complexity index is 949. The summed E-state index contributed by atoms with van der Waals surface area (Å²) in [5.41, 5.74) is 4.62. The lowest BCUT2D eigenvalue weighted by Gasteiger charge is -2.04. The van der Waals surface area contributed by atoms with Crippen molar-refractivity contribution in [2.24, 2.45) is 5.10 Å². The lowest BCUT2D eigenvalue weighted by Crippen LogP contribution is -2.17. The van der Waals surface area contributed by atoms with E-state index in [4.69, 9.17) is 4.74 Å². The van der Waals surface area contributed by atoms with Crippen LogP contribution in [-0.4, -0.2) is 28.9 Å². The summed E-state index contributed by atoms with van der Waals surface area (Å²) in [5.74, 6) is 0.480. The summed E-state index contributed by atoms with van der Waals surface area (Å²) in [5, 5.41) is 13.6. The van der Waals surface area contributed by atoms with Crippen LogP contribution in [0.1, 0.15) is 15.9 Å². The first kappa shape index (κ1) is 18.0. The predicted molar refractivity (Wildman–Crippen MR) is 108 cm³/mol. The van der Waals surface area contributed by atoms with Crippen LogP contribution in [0.25, 0.3) is 5.69 Å². The monoisotopic (exact) mass is 461 g/mol. The number of carbonyl (C=O) groups is 1. The highest BCUT2D eigenvalue weighted by Crippen LogP contribution is 2.20.